The van der Waals surface area contributed by atoms with Gasteiger partial charge in [0.15, 0.2) is 0 Å². The lowest BCUT2D eigenvalue weighted by molar-refractivity contribution is 0.221. The molecule has 0 unspecified atom stereocenters. The van der Waals surface area contributed by atoms with Crippen molar-refractivity contribution in [1.82, 2.24) is 19.8 Å². The van der Waals surface area contributed by atoms with Crippen molar-refractivity contribution >= 4 is 0 Å². The maximum Gasteiger partial charge on any atom is 0.0950 e. The molecule has 2 heterocycles. The molecule has 1 saturated heterocycles. The molecule has 4 nitrogen and oxygen atoms in total. The van der Waals surface area contributed by atoms with Gasteiger partial charge in [-0.25, -0.2) is 4.98 Å². The second kappa shape index (κ2) is 6.77. The highest BCUT2D eigenvalue weighted by molar-refractivity contribution is 4.96. The van der Waals surface area contributed by atoms with Crippen LogP contribution in [-0.2, 0) is 13.1 Å². The fourth-order valence-corrected chi connectivity index (χ4v) is 2.31. The van der Waals surface area contributed by atoms with Crippen LogP contribution in [0.5, 0.6) is 0 Å². The van der Waals surface area contributed by atoms with Gasteiger partial charge < -0.3 is 14.8 Å². The maximum atomic E-state index is 4.40. The minimum atomic E-state index is 0.882. The molecule has 2 rings (SSSR count). The highest BCUT2D eigenvalue weighted by Crippen LogP contribution is 2.08. The summed E-state index contributed by atoms with van der Waals surface area (Å²) in [5.41, 5.74) is 1.14. The number of nitrogens with zero attached hydrogens (tertiary/aromatic N) is 3. The maximum absolute atomic E-state index is 4.40. The van der Waals surface area contributed by atoms with Crippen LogP contribution in [0.4, 0.5) is 0 Å². The summed E-state index contributed by atoms with van der Waals surface area (Å²) < 4.78 is 2.21. The predicted octanol–water partition coefficient (Wildman–Crippen LogP) is 1.48. The summed E-state index contributed by atoms with van der Waals surface area (Å²) in [6.07, 6.45) is 8.27. The molecule has 0 bridgehead atoms. The van der Waals surface area contributed by atoms with Gasteiger partial charge in [0, 0.05) is 25.8 Å². The van der Waals surface area contributed by atoms with E-state index < -0.39 is 0 Å². The van der Waals surface area contributed by atoms with Gasteiger partial charge in [0.1, 0.15) is 0 Å². The van der Waals surface area contributed by atoms with Crippen molar-refractivity contribution < 1.29 is 0 Å². The SMILES string of the molecule is CCNCc1cn(CCN2CCCCC2)cn1. The van der Waals surface area contributed by atoms with Crippen LogP contribution in [-0.4, -0.2) is 40.6 Å². The third kappa shape index (κ3) is 4.13. The highest BCUT2D eigenvalue weighted by Gasteiger charge is 2.09. The zero-order chi connectivity index (χ0) is 11.9. The van der Waals surface area contributed by atoms with E-state index in [0.717, 1.165) is 31.9 Å². The van der Waals surface area contributed by atoms with E-state index in [1.54, 1.807) is 0 Å². The zero-order valence-corrected chi connectivity index (χ0v) is 10.9. The average Bonchev–Trinajstić information content (AvgIpc) is 2.83. The summed E-state index contributed by atoms with van der Waals surface area (Å²) in [6.45, 7) is 8.79. The molecule has 0 spiro atoms. The molecule has 0 aromatic carbocycles. The number of likely N-dealkylation sites (tertiary alicyclic amines) is 1. The van der Waals surface area contributed by atoms with Gasteiger partial charge in [-0.1, -0.05) is 13.3 Å². The average molecular weight is 236 g/mol. The van der Waals surface area contributed by atoms with Crippen molar-refractivity contribution in [2.45, 2.75) is 39.3 Å². The highest BCUT2D eigenvalue weighted by atomic mass is 15.2. The molecule has 0 radical (unpaired) electrons. The first-order chi connectivity index (χ1) is 8.38. The number of hydrogen-bond donors (Lipinski definition) is 1. The van der Waals surface area contributed by atoms with Gasteiger partial charge in [-0.3, -0.25) is 0 Å². The molecule has 0 amide bonds. The van der Waals surface area contributed by atoms with E-state index in [4.69, 9.17) is 0 Å². The van der Waals surface area contributed by atoms with Crippen molar-refractivity contribution in [3.05, 3.63) is 18.2 Å². The summed E-state index contributed by atoms with van der Waals surface area (Å²) in [6, 6.07) is 0. The Morgan fingerprint density at radius 1 is 1.24 bits per heavy atom. The van der Waals surface area contributed by atoms with Crippen molar-refractivity contribution in [2.24, 2.45) is 0 Å². The number of piperidine rings is 1. The minimum absolute atomic E-state index is 0.882. The van der Waals surface area contributed by atoms with E-state index in [9.17, 15) is 0 Å². The summed E-state index contributed by atoms with van der Waals surface area (Å²) in [4.78, 5) is 6.96. The summed E-state index contributed by atoms with van der Waals surface area (Å²) in [5.74, 6) is 0. The predicted molar refractivity (Wildman–Crippen MR) is 69.9 cm³/mol. The topological polar surface area (TPSA) is 33.1 Å². The van der Waals surface area contributed by atoms with E-state index in [1.165, 1.54) is 32.4 Å². The number of hydrogen-bond acceptors (Lipinski definition) is 3. The molecule has 1 aromatic rings. The van der Waals surface area contributed by atoms with Crippen LogP contribution in [0.15, 0.2) is 12.5 Å². The molecular weight excluding hydrogens is 212 g/mol. The Morgan fingerprint density at radius 3 is 2.82 bits per heavy atom. The number of imidazole rings is 1. The first kappa shape index (κ1) is 12.6. The molecule has 17 heavy (non-hydrogen) atoms. The Hall–Kier alpha value is -0.870. The second-order valence-corrected chi connectivity index (χ2v) is 4.79. The van der Waals surface area contributed by atoms with E-state index in [1.807, 2.05) is 6.33 Å². The number of aromatic nitrogens is 2. The largest absolute Gasteiger partial charge is 0.336 e. The van der Waals surface area contributed by atoms with E-state index >= 15 is 0 Å². The Bertz CT molecular complexity index is 315. The summed E-state index contributed by atoms with van der Waals surface area (Å²) >= 11 is 0. The van der Waals surface area contributed by atoms with Crippen LogP contribution < -0.4 is 5.32 Å². The molecule has 1 aromatic heterocycles. The van der Waals surface area contributed by atoms with Crippen LogP contribution >= 0.6 is 0 Å². The van der Waals surface area contributed by atoms with Gasteiger partial charge in [-0.2, -0.15) is 0 Å². The molecule has 96 valence electrons. The normalized spacial score (nSPS) is 17.5. The molecule has 1 aliphatic rings. The monoisotopic (exact) mass is 236 g/mol. The van der Waals surface area contributed by atoms with Gasteiger partial charge in [-0.15, -0.1) is 0 Å². The quantitative estimate of drug-likeness (QED) is 0.812. The van der Waals surface area contributed by atoms with Gasteiger partial charge in [0.2, 0.25) is 0 Å². The van der Waals surface area contributed by atoms with Crippen LogP contribution in [0.2, 0.25) is 0 Å². The van der Waals surface area contributed by atoms with Crippen molar-refractivity contribution in [1.29, 1.82) is 0 Å². The molecule has 1 fully saturated rings. The Morgan fingerprint density at radius 2 is 2.06 bits per heavy atom. The van der Waals surface area contributed by atoms with Gasteiger partial charge >= 0.3 is 0 Å². The fourth-order valence-electron chi connectivity index (χ4n) is 2.31. The van der Waals surface area contributed by atoms with Crippen LogP contribution in [0.3, 0.4) is 0 Å². The van der Waals surface area contributed by atoms with Gasteiger partial charge in [-0.05, 0) is 32.5 Å². The van der Waals surface area contributed by atoms with Crippen LogP contribution in [0.25, 0.3) is 0 Å². The Kier molecular flexibility index (Phi) is 5.01. The van der Waals surface area contributed by atoms with E-state index in [2.05, 4.69) is 32.9 Å². The first-order valence-corrected chi connectivity index (χ1v) is 6.82. The second-order valence-electron chi connectivity index (χ2n) is 4.79. The lowest BCUT2D eigenvalue weighted by Crippen LogP contribution is -2.32. The molecule has 1 aliphatic heterocycles. The first-order valence-electron chi connectivity index (χ1n) is 6.82. The van der Waals surface area contributed by atoms with E-state index in [-0.39, 0.29) is 0 Å². The molecule has 1 N–H and O–H groups in total. The fraction of sp³-hybridized carbons (Fsp3) is 0.769. The molecule has 0 aliphatic carbocycles. The lowest BCUT2D eigenvalue weighted by atomic mass is 10.1. The van der Waals surface area contributed by atoms with Crippen molar-refractivity contribution in [2.75, 3.05) is 26.2 Å². The summed E-state index contributed by atoms with van der Waals surface area (Å²) in [5, 5.41) is 3.30. The van der Waals surface area contributed by atoms with Gasteiger partial charge in [0.05, 0.1) is 12.0 Å². The number of rotatable bonds is 6. The Balaban J connectivity index is 1.72. The third-order valence-electron chi connectivity index (χ3n) is 3.37. The third-order valence-corrected chi connectivity index (χ3v) is 3.37. The van der Waals surface area contributed by atoms with Crippen LogP contribution in [0, 0.1) is 0 Å². The molecule has 4 heteroatoms. The minimum Gasteiger partial charge on any atom is -0.336 e. The molecular formula is C13H24N4. The summed E-state index contributed by atoms with van der Waals surface area (Å²) in [7, 11) is 0. The Labute approximate surface area is 104 Å². The number of nitrogens with one attached hydrogen (secondary N) is 1. The molecule has 0 atom stereocenters. The van der Waals surface area contributed by atoms with Crippen molar-refractivity contribution in [3.63, 3.8) is 0 Å². The van der Waals surface area contributed by atoms with Crippen molar-refractivity contribution in [3.8, 4) is 0 Å². The van der Waals surface area contributed by atoms with Crippen LogP contribution in [0.1, 0.15) is 31.9 Å². The zero-order valence-electron chi connectivity index (χ0n) is 10.9. The standard InChI is InChI=1S/C13H24N4/c1-2-14-10-13-11-17(12-15-13)9-8-16-6-4-3-5-7-16/h11-12,14H,2-10H2,1H3. The molecule has 0 saturated carbocycles. The van der Waals surface area contributed by atoms with Gasteiger partial charge in [0.25, 0.3) is 0 Å². The lowest BCUT2D eigenvalue weighted by Gasteiger charge is -2.26. The smallest absolute Gasteiger partial charge is 0.0950 e. The van der Waals surface area contributed by atoms with E-state index in [0.29, 0.717) is 0 Å².